The second-order valence-corrected chi connectivity index (χ2v) is 9.81. The molecule has 5 heteroatoms. The van der Waals surface area contributed by atoms with Crippen LogP contribution in [0.15, 0.2) is 85.2 Å². The number of para-hydroxylation sites is 2. The lowest BCUT2D eigenvalue weighted by molar-refractivity contribution is -0.134. The van der Waals surface area contributed by atoms with Gasteiger partial charge in [-0.1, -0.05) is 54.6 Å². The van der Waals surface area contributed by atoms with Crippen molar-refractivity contribution in [3.8, 4) is 0 Å². The molecule has 0 radical (unpaired) electrons. The Morgan fingerprint density at radius 3 is 2.43 bits per heavy atom. The molecule has 2 heterocycles. The third kappa shape index (κ3) is 4.70. The fourth-order valence-corrected chi connectivity index (χ4v) is 5.76. The van der Waals surface area contributed by atoms with Crippen LogP contribution in [0, 0.1) is 0 Å². The van der Waals surface area contributed by atoms with Gasteiger partial charge < -0.3 is 14.7 Å². The summed E-state index contributed by atoms with van der Waals surface area (Å²) >= 11 is 0. The normalized spacial score (nSPS) is 15.2. The molecule has 5 nitrogen and oxygen atoms in total. The summed E-state index contributed by atoms with van der Waals surface area (Å²) in [7, 11) is 1.40. The maximum atomic E-state index is 11.5. The highest BCUT2D eigenvalue weighted by Crippen LogP contribution is 2.38. The molecule has 0 aliphatic heterocycles. The Bertz CT molecular complexity index is 1590. The Morgan fingerprint density at radius 1 is 0.973 bits per heavy atom. The average molecular weight is 490 g/mol. The molecule has 0 saturated heterocycles. The molecule has 2 aromatic heterocycles. The lowest BCUT2D eigenvalue weighted by atomic mass is 10.0. The summed E-state index contributed by atoms with van der Waals surface area (Å²) in [6, 6.07) is 24.0. The molecule has 1 aliphatic rings. The minimum absolute atomic E-state index is 0.333. The van der Waals surface area contributed by atoms with Crippen molar-refractivity contribution in [2.45, 2.75) is 31.8 Å². The summed E-state index contributed by atoms with van der Waals surface area (Å²) in [6.07, 6.45) is 10.8. The van der Waals surface area contributed by atoms with Crippen LogP contribution in [0.4, 0.5) is 0 Å². The van der Waals surface area contributed by atoms with E-state index in [9.17, 15) is 4.79 Å². The van der Waals surface area contributed by atoms with Gasteiger partial charge in [0.05, 0.1) is 7.11 Å². The third-order valence-corrected chi connectivity index (χ3v) is 7.66. The first-order valence-electron chi connectivity index (χ1n) is 12.9. The molecule has 3 aromatic carbocycles. The molecule has 1 unspecified atom stereocenters. The Labute approximate surface area is 216 Å². The molecular formula is C32H31N3O2. The van der Waals surface area contributed by atoms with Crippen molar-refractivity contribution in [1.29, 1.82) is 0 Å². The smallest absolute Gasteiger partial charge is 0.330 e. The highest BCUT2D eigenvalue weighted by atomic mass is 16.5. The van der Waals surface area contributed by atoms with Crippen LogP contribution >= 0.6 is 0 Å². The van der Waals surface area contributed by atoms with E-state index in [4.69, 9.17) is 4.74 Å². The number of hydrogen-bond acceptors (Lipinski definition) is 3. The Balaban J connectivity index is 1.29. The predicted molar refractivity (Wildman–Crippen MR) is 149 cm³/mol. The number of hydrogen-bond donors (Lipinski definition) is 2. The van der Waals surface area contributed by atoms with Gasteiger partial charge >= 0.3 is 5.97 Å². The van der Waals surface area contributed by atoms with Crippen LogP contribution in [0.3, 0.4) is 0 Å². The number of fused-ring (bicyclic) bond motifs is 3. The molecule has 0 spiro atoms. The number of rotatable bonds is 8. The van der Waals surface area contributed by atoms with Crippen molar-refractivity contribution in [3.05, 3.63) is 113 Å². The zero-order valence-corrected chi connectivity index (χ0v) is 21.0. The lowest BCUT2D eigenvalue weighted by Crippen LogP contribution is -2.29. The molecule has 5 aromatic rings. The largest absolute Gasteiger partial charge is 0.466 e. The highest BCUT2D eigenvalue weighted by molar-refractivity contribution is 5.87. The lowest BCUT2D eigenvalue weighted by Gasteiger charge is -2.30. The van der Waals surface area contributed by atoms with E-state index in [2.05, 4.69) is 94.0 Å². The molecular weight excluding hydrogens is 458 g/mol. The molecule has 0 fully saturated rings. The van der Waals surface area contributed by atoms with Crippen LogP contribution in [-0.2, 0) is 28.9 Å². The summed E-state index contributed by atoms with van der Waals surface area (Å²) in [6.45, 7) is 1.86. The number of H-pyrrole nitrogens is 2. The van der Waals surface area contributed by atoms with Gasteiger partial charge in [0.2, 0.25) is 0 Å². The maximum Gasteiger partial charge on any atom is 0.330 e. The minimum atomic E-state index is -0.333. The van der Waals surface area contributed by atoms with E-state index < -0.39 is 0 Å². The van der Waals surface area contributed by atoms with Crippen LogP contribution in [0.1, 0.15) is 40.3 Å². The Morgan fingerprint density at radius 2 is 1.68 bits per heavy atom. The molecule has 0 amide bonds. The second kappa shape index (κ2) is 10.1. The molecule has 37 heavy (non-hydrogen) atoms. The number of carbonyl (C=O) groups is 1. The van der Waals surface area contributed by atoms with Gasteiger partial charge in [-0.25, -0.2) is 4.79 Å². The summed E-state index contributed by atoms with van der Waals surface area (Å²) in [5.41, 5.74) is 8.87. The number of carbonyl (C=O) groups excluding carboxylic acids is 1. The predicted octanol–water partition coefficient (Wildman–Crippen LogP) is 6.57. The first-order chi connectivity index (χ1) is 18.2. The number of methoxy groups -OCH3 is 1. The van der Waals surface area contributed by atoms with Gasteiger partial charge in [0, 0.05) is 59.4 Å². The number of esters is 1. The molecule has 0 bridgehead atoms. The van der Waals surface area contributed by atoms with Crippen LogP contribution in [0.5, 0.6) is 0 Å². The monoisotopic (exact) mass is 489 g/mol. The van der Waals surface area contributed by atoms with Crippen molar-refractivity contribution >= 4 is 33.9 Å². The van der Waals surface area contributed by atoms with Crippen molar-refractivity contribution in [2.75, 3.05) is 13.7 Å². The number of nitrogens with one attached hydrogen (secondary N) is 2. The Hall–Kier alpha value is -4.09. The zero-order chi connectivity index (χ0) is 25.2. The number of aromatic amines is 2. The standard InChI is InChI=1S/C32H31N3O2/c1-37-32(36)15-11-22-10-13-28-23(18-22)12-14-31(28)35(21-25-20-34-30-9-5-3-7-27(25)30)17-16-24-19-33-29-8-4-2-6-26(24)29/h2-11,13,15,18-20,31,33-34H,12,14,16-17,21H2,1H3/b15-11+. The number of benzene rings is 3. The van der Waals surface area contributed by atoms with Crippen LogP contribution in [0.2, 0.25) is 0 Å². The maximum absolute atomic E-state index is 11.5. The van der Waals surface area contributed by atoms with Crippen molar-refractivity contribution in [3.63, 3.8) is 0 Å². The van der Waals surface area contributed by atoms with Crippen LogP contribution < -0.4 is 0 Å². The number of ether oxygens (including phenoxy) is 1. The second-order valence-electron chi connectivity index (χ2n) is 9.81. The Kier molecular flexibility index (Phi) is 6.37. The van der Waals surface area contributed by atoms with Gasteiger partial charge in [-0.3, -0.25) is 4.90 Å². The first kappa shape index (κ1) is 23.3. The fourth-order valence-electron chi connectivity index (χ4n) is 5.76. The van der Waals surface area contributed by atoms with Gasteiger partial charge in [-0.15, -0.1) is 0 Å². The minimum Gasteiger partial charge on any atom is -0.466 e. The van der Waals surface area contributed by atoms with E-state index >= 15 is 0 Å². The molecule has 1 atom stereocenters. The SMILES string of the molecule is COC(=O)/C=C/c1ccc2c(c1)CCC2N(CCc1c[nH]c2ccccc12)Cc1c[nH]c2ccccc12. The summed E-state index contributed by atoms with van der Waals surface area (Å²) in [4.78, 5) is 21.1. The zero-order valence-electron chi connectivity index (χ0n) is 21.0. The van der Waals surface area contributed by atoms with E-state index in [1.807, 2.05) is 6.08 Å². The fraction of sp³-hybridized carbons (Fsp3) is 0.219. The van der Waals surface area contributed by atoms with E-state index in [-0.39, 0.29) is 5.97 Å². The number of nitrogens with zero attached hydrogens (tertiary/aromatic N) is 1. The quantitative estimate of drug-likeness (QED) is 0.191. The van der Waals surface area contributed by atoms with Gasteiger partial charge in [-0.2, -0.15) is 0 Å². The third-order valence-electron chi connectivity index (χ3n) is 7.66. The van der Waals surface area contributed by atoms with E-state index in [0.29, 0.717) is 6.04 Å². The topological polar surface area (TPSA) is 61.1 Å². The molecule has 2 N–H and O–H groups in total. The summed E-state index contributed by atoms with van der Waals surface area (Å²) < 4.78 is 4.74. The van der Waals surface area contributed by atoms with Gasteiger partial charge in [0.25, 0.3) is 0 Å². The first-order valence-corrected chi connectivity index (χ1v) is 12.9. The van der Waals surface area contributed by atoms with Crippen LogP contribution in [0.25, 0.3) is 27.9 Å². The van der Waals surface area contributed by atoms with E-state index in [1.165, 1.54) is 57.2 Å². The number of aromatic nitrogens is 2. The van der Waals surface area contributed by atoms with E-state index in [0.717, 1.165) is 37.9 Å². The van der Waals surface area contributed by atoms with Crippen LogP contribution in [-0.4, -0.2) is 34.5 Å². The number of aryl methyl sites for hydroxylation is 1. The van der Waals surface area contributed by atoms with Crippen molar-refractivity contribution < 1.29 is 9.53 Å². The van der Waals surface area contributed by atoms with Gasteiger partial charge in [-0.05, 0) is 65.3 Å². The molecule has 0 saturated carbocycles. The van der Waals surface area contributed by atoms with Gasteiger partial charge in [0.15, 0.2) is 0 Å². The van der Waals surface area contributed by atoms with Gasteiger partial charge in [0.1, 0.15) is 0 Å². The van der Waals surface area contributed by atoms with E-state index in [1.54, 1.807) is 0 Å². The van der Waals surface area contributed by atoms with Crippen molar-refractivity contribution in [1.82, 2.24) is 14.9 Å². The highest BCUT2D eigenvalue weighted by Gasteiger charge is 2.28. The molecule has 1 aliphatic carbocycles. The summed E-state index contributed by atoms with van der Waals surface area (Å²) in [5.74, 6) is -0.333. The van der Waals surface area contributed by atoms with Crippen molar-refractivity contribution in [2.24, 2.45) is 0 Å². The summed E-state index contributed by atoms with van der Waals surface area (Å²) in [5, 5.41) is 2.60. The molecule has 6 rings (SSSR count). The average Bonchev–Trinajstić information content (AvgIpc) is 3.66. The molecule has 186 valence electrons.